The van der Waals surface area contributed by atoms with Crippen molar-refractivity contribution >= 4 is 22.4 Å². The zero-order chi connectivity index (χ0) is 11.3. The van der Waals surface area contributed by atoms with Gasteiger partial charge in [0.1, 0.15) is 5.69 Å². The van der Waals surface area contributed by atoms with Crippen molar-refractivity contribution in [1.29, 1.82) is 0 Å². The minimum absolute atomic E-state index is 0.114. The maximum Gasteiger partial charge on any atom is 0.343 e. The Morgan fingerprint density at radius 1 is 1.73 bits per heavy atom. The average molecular weight is 229 g/mol. The van der Waals surface area contributed by atoms with Crippen LogP contribution in [0.15, 0.2) is 6.07 Å². The molecule has 0 spiro atoms. The van der Waals surface area contributed by atoms with Crippen molar-refractivity contribution in [1.82, 2.24) is 9.69 Å². The number of amides is 1. The Labute approximate surface area is 90.6 Å². The molecule has 0 saturated heterocycles. The van der Waals surface area contributed by atoms with Crippen LogP contribution >= 0.6 is 11.5 Å². The number of hydrogen-bond donors (Lipinski definition) is 1. The topological polar surface area (TPSA) is 85.1 Å². The van der Waals surface area contributed by atoms with Crippen molar-refractivity contribution in [2.75, 3.05) is 6.54 Å². The lowest BCUT2D eigenvalue weighted by atomic mass is 10.3. The molecule has 0 unspecified atom stereocenters. The van der Waals surface area contributed by atoms with E-state index in [1.54, 1.807) is 0 Å². The highest BCUT2D eigenvalue weighted by Crippen LogP contribution is 2.18. The van der Waals surface area contributed by atoms with Gasteiger partial charge in [-0.3, -0.25) is 14.9 Å². The number of rotatable bonds is 5. The summed E-state index contributed by atoms with van der Waals surface area (Å²) in [4.78, 5) is 21.2. The summed E-state index contributed by atoms with van der Waals surface area (Å²) < 4.78 is 3.70. The Morgan fingerprint density at radius 2 is 2.47 bits per heavy atom. The number of nitrogens with zero attached hydrogens (tertiary/aromatic N) is 2. The summed E-state index contributed by atoms with van der Waals surface area (Å²) in [5.41, 5.74) is 0.114. The van der Waals surface area contributed by atoms with Gasteiger partial charge in [0.2, 0.25) is 0 Å². The van der Waals surface area contributed by atoms with Crippen LogP contribution in [0.3, 0.4) is 0 Å². The first-order valence-electron chi connectivity index (χ1n) is 4.54. The fourth-order valence-corrected chi connectivity index (χ4v) is 1.49. The van der Waals surface area contributed by atoms with Crippen LogP contribution < -0.4 is 5.32 Å². The summed E-state index contributed by atoms with van der Waals surface area (Å²) in [5.74, 6) is -0.354. The van der Waals surface area contributed by atoms with Gasteiger partial charge in [0, 0.05) is 18.1 Å². The van der Waals surface area contributed by atoms with Gasteiger partial charge in [-0.25, -0.2) is 0 Å². The van der Waals surface area contributed by atoms with Gasteiger partial charge in [-0.2, -0.15) is 4.37 Å². The molecule has 7 heteroatoms. The second-order valence-electron chi connectivity index (χ2n) is 2.92. The highest BCUT2D eigenvalue weighted by molar-refractivity contribution is 7.09. The van der Waals surface area contributed by atoms with E-state index >= 15 is 0 Å². The Balaban J connectivity index is 2.54. The van der Waals surface area contributed by atoms with Gasteiger partial charge in [-0.15, -0.1) is 0 Å². The number of hydrogen-bond acceptors (Lipinski definition) is 5. The molecule has 1 aromatic rings. The summed E-state index contributed by atoms with van der Waals surface area (Å²) in [6, 6.07) is 1.19. The molecule has 1 heterocycles. The van der Waals surface area contributed by atoms with Gasteiger partial charge in [0.05, 0.1) is 11.0 Å². The molecule has 1 amide bonds. The van der Waals surface area contributed by atoms with E-state index in [4.69, 9.17) is 0 Å². The highest BCUT2D eigenvalue weighted by Gasteiger charge is 2.16. The molecular weight excluding hydrogens is 218 g/mol. The molecule has 0 saturated carbocycles. The largest absolute Gasteiger partial charge is 0.351 e. The minimum atomic E-state index is -0.555. The fourth-order valence-electron chi connectivity index (χ4n) is 0.928. The molecule has 0 radical (unpaired) electrons. The van der Waals surface area contributed by atoms with E-state index in [9.17, 15) is 14.9 Å². The smallest absolute Gasteiger partial charge is 0.343 e. The van der Waals surface area contributed by atoms with Gasteiger partial charge in [0.15, 0.2) is 0 Å². The van der Waals surface area contributed by atoms with Crippen LogP contribution in [0.25, 0.3) is 0 Å². The van der Waals surface area contributed by atoms with Crippen LogP contribution in [-0.4, -0.2) is 21.7 Å². The quantitative estimate of drug-likeness (QED) is 0.472. The zero-order valence-corrected chi connectivity index (χ0v) is 9.04. The number of aromatic nitrogens is 1. The molecule has 0 atom stereocenters. The third kappa shape index (κ3) is 3.28. The fraction of sp³-hybridized carbons (Fsp3) is 0.500. The number of unbranched alkanes of at least 4 members (excludes halogenated alkanes) is 1. The van der Waals surface area contributed by atoms with Gasteiger partial charge in [0.25, 0.3) is 5.91 Å². The molecule has 0 bridgehead atoms. The van der Waals surface area contributed by atoms with Crippen LogP contribution in [0.4, 0.5) is 5.00 Å². The number of carbonyl (C=O) groups is 1. The van der Waals surface area contributed by atoms with Crippen LogP contribution in [0.5, 0.6) is 0 Å². The van der Waals surface area contributed by atoms with Gasteiger partial charge in [-0.1, -0.05) is 13.3 Å². The van der Waals surface area contributed by atoms with E-state index in [-0.39, 0.29) is 16.6 Å². The number of carbonyl (C=O) groups excluding carboxylic acids is 1. The van der Waals surface area contributed by atoms with Crippen molar-refractivity contribution in [3.63, 3.8) is 0 Å². The first kappa shape index (κ1) is 11.6. The normalized spacial score (nSPS) is 9.93. The summed E-state index contributed by atoms with van der Waals surface area (Å²) in [7, 11) is 0. The molecule has 0 aromatic carbocycles. The molecule has 0 aliphatic rings. The maximum atomic E-state index is 11.4. The third-order valence-electron chi connectivity index (χ3n) is 1.73. The van der Waals surface area contributed by atoms with Gasteiger partial charge >= 0.3 is 5.00 Å². The SMILES string of the molecule is CCCCNC(=O)c1cc([N+](=O)[O-])sn1. The average Bonchev–Trinajstić information content (AvgIpc) is 2.66. The standard InChI is InChI=1S/C8H11N3O3S/c1-2-3-4-9-8(12)6-5-7(11(13)14)15-10-6/h5H,2-4H2,1H3,(H,9,12). The zero-order valence-electron chi connectivity index (χ0n) is 8.23. The van der Waals surface area contributed by atoms with E-state index in [1.165, 1.54) is 6.07 Å². The molecular formula is C8H11N3O3S. The Bertz CT molecular complexity index is 364. The lowest BCUT2D eigenvalue weighted by Gasteiger charge is -1.99. The lowest BCUT2D eigenvalue weighted by Crippen LogP contribution is -2.24. The monoisotopic (exact) mass is 229 g/mol. The molecule has 0 aliphatic carbocycles. The second-order valence-corrected chi connectivity index (χ2v) is 3.70. The summed E-state index contributed by atoms with van der Waals surface area (Å²) in [6.45, 7) is 2.58. The second kappa shape index (κ2) is 5.40. The summed E-state index contributed by atoms with van der Waals surface area (Å²) in [6.07, 6.45) is 1.87. The van der Waals surface area contributed by atoms with Crippen molar-refractivity contribution in [2.24, 2.45) is 0 Å². The lowest BCUT2D eigenvalue weighted by molar-refractivity contribution is -0.380. The van der Waals surface area contributed by atoms with E-state index in [0.717, 1.165) is 12.8 Å². The number of nitrogens with one attached hydrogen (secondary N) is 1. The maximum absolute atomic E-state index is 11.4. The van der Waals surface area contributed by atoms with Crippen LogP contribution in [0.2, 0.25) is 0 Å². The molecule has 0 aliphatic heterocycles. The van der Waals surface area contributed by atoms with E-state index in [2.05, 4.69) is 9.69 Å². The molecule has 15 heavy (non-hydrogen) atoms. The predicted octanol–water partition coefficient (Wildman–Crippen LogP) is 1.58. The van der Waals surface area contributed by atoms with E-state index in [1.807, 2.05) is 6.92 Å². The van der Waals surface area contributed by atoms with Crippen molar-refractivity contribution in [3.8, 4) is 0 Å². The first-order chi connectivity index (χ1) is 7.15. The third-order valence-corrected chi connectivity index (χ3v) is 2.47. The molecule has 6 nitrogen and oxygen atoms in total. The first-order valence-corrected chi connectivity index (χ1v) is 5.31. The Hall–Kier alpha value is -1.50. The molecule has 0 fully saturated rings. The Kier molecular flexibility index (Phi) is 4.17. The van der Waals surface area contributed by atoms with E-state index < -0.39 is 4.92 Å². The summed E-state index contributed by atoms with van der Waals surface area (Å²) in [5, 5.41) is 12.9. The van der Waals surface area contributed by atoms with Crippen LogP contribution in [-0.2, 0) is 0 Å². The van der Waals surface area contributed by atoms with Crippen molar-refractivity contribution < 1.29 is 9.72 Å². The molecule has 1 rings (SSSR count). The van der Waals surface area contributed by atoms with Crippen LogP contribution in [0.1, 0.15) is 30.3 Å². The van der Waals surface area contributed by atoms with Crippen molar-refractivity contribution in [3.05, 3.63) is 21.9 Å². The summed E-state index contributed by atoms with van der Waals surface area (Å²) >= 11 is 0.715. The van der Waals surface area contributed by atoms with E-state index in [0.29, 0.717) is 18.1 Å². The minimum Gasteiger partial charge on any atom is -0.351 e. The van der Waals surface area contributed by atoms with Crippen molar-refractivity contribution in [2.45, 2.75) is 19.8 Å². The van der Waals surface area contributed by atoms with Gasteiger partial charge < -0.3 is 5.32 Å². The Morgan fingerprint density at radius 3 is 3.00 bits per heavy atom. The van der Waals surface area contributed by atoms with Gasteiger partial charge in [-0.05, 0) is 6.42 Å². The number of nitro groups is 1. The van der Waals surface area contributed by atoms with Crippen LogP contribution in [0, 0.1) is 10.1 Å². The molecule has 82 valence electrons. The predicted molar refractivity (Wildman–Crippen MR) is 56.0 cm³/mol. The highest BCUT2D eigenvalue weighted by atomic mass is 32.1. The molecule has 1 N–H and O–H groups in total. The molecule has 1 aromatic heterocycles.